The van der Waals surface area contributed by atoms with Gasteiger partial charge in [-0.15, -0.1) is 0 Å². The Morgan fingerprint density at radius 3 is 2.70 bits per heavy atom. The van der Waals surface area contributed by atoms with Crippen LogP contribution in [0.25, 0.3) is 0 Å². The second-order valence-electron chi connectivity index (χ2n) is 5.80. The van der Waals surface area contributed by atoms with Crippen molar-refractivity contribution in [1.82, 2.24) is 21.0 Å². The van der Waals surface area contributed by atoms with Crippen LogP contribution < -0.4 is 16.1 Å². The van der Waals surface area contributed by atoms with E-state index in [9.17, 15) is 14.4 Å². The zero-order valence-electron chi connectivity index (χ0n) is 13.9. The summed E-state index contributed by atoms with van der Waals surface area (Å²) >= 11 is 0. The number of hydrogen-bond donors (Lipinski definition) is 4. The number of piperazine rings is 1. The average Bonchev–Trinajstić information content (AvgIpc) is 2.59. The molecule has 0 aromatic heterocycles. The number of Topliss-reactive ketones (excluding diaryl/α,β-unsaturated/α-hetero) is 1. The molecule has 1 aliphatic rings. The highest BCUT2D eigenvalue weighted by Crippen LogP contribution is 2.20. The fraction of sp³-hybridized carbons (Fsp3) is 0.800. The van der Waals surface area contributed by atoms with Gasteiger partial charge in [0.2, 0.25) is 5.91 Å². The van der Waals surface area contributed by atoms with Crippen molar-refractivity contribution >= 4 is 17.7 Å². The Morgan fingerprint density at radius 1 is 1.35 bits per heavy atom. The van der Waals surface area contributed by atoms with Gasteiger partial charge >= 0.3 is 6.03 Å². The van der Waals surface area contributed by atoms with Crippen LogP contribution >= 0.6 is 0 Å². The van der Waals surface area contributed by atoms with Crippen LogP contribution in [0.15, 0.2) is 0 Å². The summed E-state index contributed by atoms with van der Waals surface area (Å²) in [5.74, 6) is -1.19. The van der Waals surface area contributed by atoms with E-state index in [2.05, 4.69) is 17.6 Å². The highest BCUT2D eigenvalue weighted by molar-refractivity contribution is 5.93. The average molecular weight is 328 g/mol. The third-order valence-corrected chi connectivity index (χ3v) is 4.16. The zero-order valence-corrected chi connectivity index (χ0v) is 13.9. The molecule has 0 saturated carbocycles. The molecular weight excluding hydrogens is 300 g/mol. The summed E-state index contributed by atoms with van der Waals surface area (Å²) in [7, 11) is 1.53. The summed E-state index contributed by atoms with van der Waals surface area (Å²) in [5, 5.41) is 14.4. The number of rotatable bonds is 8. The minimum absolute atomic E-state index is 0.0584. The molecule has 1 saturated heterocycles. The van der Waals surface area contributed by atoms with Crippen LogP contribution in [0.2, 0.25) is 0 Å². The first kappa shape index (κ1) is 19.4. The summed E-state index contributed by atoms with van der Waals surface area (Å²) in [6, 6.07) is -0.870. The van der Waals surface area contributed by atoms with E-state index in [1.165, 1.54) is 11.9 Å². The first-order valence-electron chi connectivity index (χ1n) is 8.20. The van der Waals surface area contributed by atoms with E-state index in [0.717, 1.165) is 19.3 Å². The number of carbonyl (C=O) groups is 3. The molecule has 0 spiro atoms. The molecule has 132 valence electrons. The fourth-order valence-electron chi connectivity index (χ4n) is 2.87. The van der Waals surface area contributed by atoms with Gasteiger partial charge in [-0.25, -0.2) is 10.3 Å². The smallest absolute Gasteiger partial charge is 0.317 e. The van der Waals surface area contributed by atoms with Gasteiger partial charge in [0.05, 0.1) is 0 Å². The Bertz CT molecular complexity index is 416. The third kappa shape index (κ3) is 5.80. The van der Waals surface area contributed by atoms with E-state index < -0.39 is 17.9 Å². The van der Waals surface area contributed by atoms with E-state index in [4.69, 9.17) is 5.21 Å². The molecule has 0 aliphatic carbocycles. The molecule has 1 aliphatic heterocycles. The lowest BCUT2D eigenvalue weighted by Gasteiger charge is -2.36. The molecule has 23 heavy (non-hydrogen) atoms. The van der Waals surface area contributed by atoms with Gasteiger partial charge in [-0.2, -0.15) is 0 Å². The van der Waals surface area contributed by atoms with E-state index >= 15 is 0 Å². The molecule has 1 fully saturated rings. The van der Waals surface area contributed by atoms with Crippen molar-refractivity contribution in [3.8, 4) is 0 Å². The SMILES string of the molecule is CCCCCC(CC(=O)NO)C(=O)[C@@H]1CNCCN1C(=O)NC. The highest BCUT2D eigenvalue weighted by atomic mass is 16.5. The zero-order chi connectivity index (χ0) is 17.2. The van der Waals surface area contributed by atoms with Crippen molar-refractivity contribution in [3.05, 3.63) is 0 Å². The molecule has 8 heteroatoms. The number of ketones is 1. The van der Waals surface area contributed by atoms with E-state index in [-0.39, 0.29) is 18.2 Å². The summed E-state index contributed by atoms with van der Waals surface area (Å²) in [4.78, 5) is 37.8. The van der Waals surface area contributed by atoms with Crippen molar-refractivity contribution in [1.29, 1.82) is 0 Å². The molecule has 1 rings (SSSR count). The highest BCUT2D eigenvalue weighted by Gasteiger charge is 2.36. The summed E-state index contributed by atoms with van der Waals surface area (Å²) in [6.45, 7) is 3.53. The second kappa shape index (κ2) is 10.2. The van der Waals surface area contributed by atoms with Gasteiger partial charge in [-0.1, -0.05) is 26.2 Å². The van der Waals surface area contributed by atoms with Crippen molar-refractivity contribution in [2.24, 2.45) is 5.92 Å². The van der Waals surface area contributed by atoms with E-state index in [1.54, 1.807) is 5.48 Å². The van der Waals surface area contributed by atoms with Crippen LogP contribution in [0.3, 0.4) is 0 Å². The van der Waals surface area contributed by atoms with Crippen LogP contribution in [0.4, 0.5) is 4.79 Å². The number of carbonyl (C=O) groups excluding carboxylic acids is 3. The maximum atomic E-state index is 12.9. The molecule has 8 nitrogen and oxygen atoms in total. The Labute approximate surface area is 136 Å². The van der Waals surface area contributed by atoms with Gasteiger partial charge < -0.3 is 15.5 Å². The summed E-state index contributed by atoms with van der Waals surface area (Å²) in [5.41, 5.74) is 1.59. The molecule has 3 amide bonds. The molecule has 2 atom stereocenters. The minimum atomic E-state index is -0.582. The van der Waals surface area contributed by atoms with Gasteiger partial charge in [0.1, 0.15) is 6.04 Å². The maximum absolute atomic E-state index is 12.9. The van der Waals surface area contributed by atoms with Crippen LogP contribution in [-0.4, -0.2) is 60.6 Å². The predicted molar refractivity (Wildman–Crippen MR) is 85.0 cm³/mol. The number of hydrogen-bond acceptors (Lipinski definition) is 5. The topological polar surface area (TPSA) is 111 Å². The Hall–Kier alpha value is -1.67. The van der Waals surface area contributed by atoms with Crippen LogP contribution in [0.5, 0.6) is 0 Å². The largest absolute Gasteiger partial charge is 0.341 e. The van der Waals surface area contributed by atoms with Gasteiger partial charge in [0.25, 0.3) is 0 Å². The number of urea groups is 1. The third-order valence-electron chi connectivity index (χ3n) is 4.16. The summed E-state index contributed by atoms with van der Waals surface area (Å²) < 4.78 is 0. The van der Waals surface area contributed by atoms with Gasteiger partial charge in [-0.3, -0.25) is 14.8 Å². The predicted octanol–water partition coefficient (Wildman–Crippen LogP) is 0.261. The number of nitrogens with one attached hydrogen (secondary N) is 3. The lowest BCUT2D eigenvalue weighted by Crippen LogP contribution is -2.60. The van der Waals surface area contributed by atoms with E-state index in [0.29, 0.717) is 26.1 Å². The first-order chi connectivity index (χ1) is 11.0. The number of nitrogens with zero attached hydrogens (tertiary/aromatic N) is 1. The normalized spacial score (nSPS) is 19.1. The molecule has 1 heterocycles. The van der Waals surface area contributed by atoms with Crippen molar-refractivity contribution < 1.29 is 19.6 Å². The number of amides is 3. The molecule has 0 aromatic rings. The Kier molecular flexibility index (Phi) is 8.57. The van der Waals surface area contributed by atoms with Gasteiger partial charge in [0, 0.05) is 39.0 Å². The Balaban J connectivity index is 2.81. The van der Waals surface area contributed by atoms with Crippen LogP contribution in [0, 0.1) is 5.92 Å². The first-order valence-corrected chi connectivity index (χ1v) is 8.20. The number of hydroxylamine groups is 1. The molecule has 0 bridgehead atoms. The van der Waals surface area contributed by atoms with Crippen molar-refractivity contribution in [3.63, 3.8) is 0 Å². The lowest BCUT2D eigenvalue weighted by molar-refractivity contribution is -0.136. The molecular formula is C15H28N4O4. The van der Waals surface area contributed by atoms with Crippen molar-refractivity contribution in [2.75, 3.05) is 26.7 Å². The Morgan fingerprint density at radius 2 is 2.09 bits per heavy atom. The van der Waals surface area contributed by atoms with E-state index in [1.807, 2.05) is 0 Å². The fourth-order valence-corrected chi connectivity index (χ4v) is 2.87. The lowest BCUT2D eigenvalue weighted by atomic mass is 9.88. The molecule has 0 aromatic carbocycles. The van der Waals surface area contributed by atoms with Crippen molar-refractivity contribution in [2.45, 2.75) is 45.1 Å². The second-order valence-corrected chi connectivity index (χ2v) is 5.80. The molecule has 1 unspecified atom stereocenters. The molecule has 0 radical (unpaired) electrons. The maximum Gasteiger partial charge on any atom is 0.317 e. The monoisotopic (exact) mass is 328 g/mol. The van der Waals surface area contributed by atoms with Gasteiger partial charge in [0.15, 0.2) is 5.78 Å². The minimum Gasteiger partial charge on any atom is -0.341 e. The van der Waals surface area contributed by atoms with Crippen LogP contribution in [-0.2, 0) is 9.59 Å². The van der Waals surface area contributed by atoms with Crippen LogP contribution in [0.1, 0.15) is 39.0 Å². The number of unbranched alkanes of at least 4 members (excludes halogenated alkanes) is 2. The van der Waals surface area contributed by atoms with Gasteiger partial charge in [-0.05, 0) is 6.42 Å². The molecule has 4 N–H and O–H groups in total. The standard InChI is InChI=1S/C15H28N4O4/c1-3-4-5-6-11(9-13(20)18-23)14(21)12-10-17-7-8-19(12)15(22)16-2/h11-12,17,23H,3-10H2,1-2H3,(H,16,22)(H,18,20)/t11?,12-/m0/s1. The quantitative estimate of drug-likeness (QED) is 0.290. The summed E-state index contributed by atoms with van der Waals surface area (Å²) in [6.07, 6.45) is 3.36.